The predicted molar refractivity (Wildman–Crippen MR) is 168 cm³/mol. The van der Waals surface area contributed by atoms with Gasteiger partial charge in [0.15, 0.2) is 0 Å². The Bertz CT molecular complexity index is 1650. The second-order valence-electron chi connectivity index (χ2n) is 13.8. The Labute approximate surface area is 254 Å². The molecule has 0 spiro atoms. The molecular weight excluding hydrogens is 528 g/mol. The van der Waals surface area contributed by atoms with Crippen molar-refractivity contribution in [3.8, 4) is 46.3 Å². The van der Waals surface area contributed by atoms with Gasteiger partial charge in [-0.2, -0.15) is 0 Å². The van der Waals surface area contributed by atoms with Gasteiger partial charge in [-0.3, -0.25) is 0 Å². The van der Waals surface area contributed by atoms with Crippen molar-refractivity contribution in [2.24, 2.45) is 10.8 Å². The summed E-state index contributed by atoms with van der Waals surface area (Å²) in [4.78, 5) is 0. The first kappa shape index (κ1) is 27.3. The number of nitrogens with zero attached hydrogens (tertiary/aromatic N) is 2. The molecule has 214 valence electrons. The summed E-state index contributed by atoms with van der Waals surface area (Å²) in [6.45, 7) is 4.91. The van der Waals surface area contributed by atoms with Crippen molar-refractivity contribution >= 4 is 0 Å². The fourth-order valence-corrected chi connectivity index (χ4v) is 10.0. The Morgan fingerprint density at radius 1 is 0.605 bits per heavy atom. The van der Waals surface area contributed by atoms with Crippen LogP contribution >= 0.6 is 0 Å². The van der Waals surface area contributed by atoms with Gasteiger partial charge >= 0.3 is 0 Å². The Morgan fingerprint density at radius 3 is 1.49 bits per heavy atom. The molecule has 4 nitrogen and oxygen atoms in total. The molecule has 4 aromatic rings. The molecule has 0 saturated heterocycles. The lowest BCUT2D eigenvalue weighted by Crippen LogP contribution is -2.63. The average Bonchev–Trinajstić information content (AvgIpc) is 3.01. The summed E-state index contributed by atoms with van der Waals surface area (Å²) >= 11 is 0. The van der Waals surface area contributed by atoms with E-state index in [-0.39, 0.29) is 21.7 Å². The van der Waals surface area contributed by atoms with Crippen LogP contribution in [0.15, 0.2) is 97.1 Å². The summed E-state index contributed by atoms with van der Waals surface area (Å²) < 4.78 is 10.9. The van der Waals surface area contributed by atoms with Crippen molar-refractivity contribution in [3.63, 3.8) is 0 Å². The van der Waals surface area contributed by atoms with Gasteiger partial charge in [0.1, 0.15) is 11.5 Å². The SMILES string of the molecule is CCC12CC3(C)CC(c4ccc(OC#N)c(-c5ccccc5)c4)(C1)CC(c1ccc(OC#N)c(-c4ccccc4)c1)(C3)C2. The Hall–Kier alpha value is -4.54. The molecule has 4 fully saturated rings. The number of benzene rings is 4. The van der Waals surface area contributed by atoms with Crippen LogP contribution in [-0.2, 0) is 10.8 Å². The van der Waals surface area contributed by atoms with Crippen LogP contribution in [-0.4, -0.2) is 0 Å². The lowest BCUT2D eigenvalue weighted by Gasteiger charge is -2.71. The largest absolute Gasteiger partial charge is 0.387 e. The van der Waals surface area contributed by atoms with Crippen LogP contribution in [0.4, 0.5) is 0 Å². The molecule has 4 heteroatoms. The normalized spacial score (nSPS) is 28.6. The van der Waals surface area contributed by atoms with Gasteiger partial charge in [0.25, 0.3) is 12.5 Å². The third-order valence-corrected chi connectivity index (χ3v) is 10.9. The highest BCUT2D eigenvalue weighted by Crippen LogP contribution is 2.75. The summed E-state index contributed by atoms with van der Waals surface area (Å²) in [5.74, 6) is 1.21. The van der Waals surface area contributed by atoms with Crippen LogP contribution in [0.1, 0.15) is 69.9 Å². The van der Waals surface area contributed by atoms with Crippen LogP contribution < -0.4 is 9.47 Å². The molecule has 43 heavy (non-hydrogen) atoms. The van der Waals surface area contributed by atoms with Crippen molar-refractivity contribution < 1.29 is 9.47 Å². The minimum Gasteiger partial charge on any atom is -0.387 e. The van der Waals surface area contributed by atoms with Gasteiger partial charge < -0.3 is 9.47 Å². The van der Waals surface area contributed by atoms with Crippen molar-refractivity contribution in [2.75, 3.05) is 0 Å². The van der Waals surface area contributed by atoms with E-state index in [1.54, 1.807) is 0 Å². The van der Waals surface area contributed by atoms with Crippen molar-refractivity contribution in [2.45, 2.75) is 69.6 Å². The lowest BCUT2D eigenvalue weighted by molar-refractivity contribution is -0.136. The highest BCUT2D eigenvalue weighted by molar-refractivity contribution is 5.73. The average molecular weight is 565 g/mol. The molecular formula is C39H36N2O2. The first-order valence-corrected chi connectivity index (χ1v) is 15.4. The van der Waals surface area contributed by atoms with E-state index < -0.39 is 0 Å². The zero-order chi connectivity index (χ0) is 29.7. The minimum absolute atomic E-state index is 0.0168. The predicted octanol–water partition coefficient (Wildman–Crippen LogP) is 9.70. The third kappa shape index (κ3) is 4.49. The molecule has 4 bridgehead atoms. The van der Waals surface area contributed by atoms with E-state index in [4.69, 9.17) is 9.47 Å². The molecule has 0 heterocycles. The molecule has 0 N–H and O–H groups in total. The lowest BCUT2D eigenvalue weighted by atomic mass is 9.33. The summed E-state index contributed by atoms with van der Waals surface area (Å²) in [5, 5.41) is 18.8. The van der Waals surface area contributed by atoms with Crippen LogP contribution in [0.2, 0.25) is 0 Å². The maximum Gasteiger partial charge on any atom is 0.292 e. The van der Waals surface area contributed by atoms with E-state index in [1.165, 1.54) is 30.4 Å². The number of ether oxygens (including phenoxy) is 2. The molecule has 4 aliphatic rings. The molecule has 4 aromatic carbocycles. The van der Waals surface area contributed by atoms with Crippen LogP contribution in [0.25, 0.3) is 22.3 Å². The van der Waals surface area contributed by atoms with Crippen molar-refractivity contribution in [3.05, 3.63) is 108 Å². The maximum atomic E-state index is 9.41. The third-order valence-electron chi connectivity index (χ3n) is 10.9. The molecule has 2 atom stereocenters. The van der Waals surface area contributed by atoms with Gasteiger partial charge in [0.05, 0.1) is 0 Å². The molecule has 0 aromatic heterocycles. The summed E-state index contributed by atoms with van der Waals surface area (Å²) in [5.41, 5.74) is 7.30. The van der Waals surface area contributed by atoms with E-state index in [0.717, 1.165) is 47.9 Å². The van der Waals surface area contributed by atoms with Crippen LogP contribution in [0.5, 0.6) is 11.5 Å². The number of hydrogen-bond donors (Lipinski definition) is 0. The van der Waals surface area contributed by atoms with Crippen LogP contribution in [0, 0.1) is 33.9 Å². The molecule has 0 radical (unpaired) electrons. The first-order chi connectivity index (χ1) is 20.8. The second kappa shape index (κ2) is 10.0. The standard InChI is InChI=1S/C39H36N2O2/c1-3-37-20-36(2)21-38(23-37,30-14-16-34(42-26-40)32(18-30)28-10-6-4-7-11-28)25-39(22-36,24-37)31-15-17-35(43-27-41)33(19-31)29-12-8-5-9-13-29/h4-19H,3,20-25H2,1-2H3. The minimum atomic E-state index is 0.0168. The van der Waals surface area contributed by atoms with Gasteiger partial charge in [0, 0.05) is 11.1 Å². The molecule has 0 aliphatic heterocycles. The van der Waals surface area contributed by atoms with Crippen molar-refractivity contribution in [1.29, 1.82) is 10.5 Å². The van der Waals surface area contributed by atoms with E-state index in [2.05, 4.69) is 62.4 Å². The fourth-order valence-electron chi connectivity index (χ4n) is 10.0. The molecule has 2 unspecified atom stereocenters. The summed E-state index contributed by atoms with van der Waals surface area (Å²) in [7, 11) is 0. The Kier molecular flexibility index (Phi) is 6.37. The first-order valence-electron chi connectivity index (χ1n) is 15.4. The van der Waals surface area contributed by atoms with Crippen LogP contribution in [0.3, 0.4) is 0 Å². The van der Waals surface area contributed by atoms with Gasteiger partial charge in [-0.05, 0) is 107 Å². The quantitative estimate of drug-likeness (QED) is 0.210. The van der Waals surface area contributed by atoms with Gasteiger partial charge in [-0.15, -0.1) is 10.5 Å². The summed E-state index contributed by atoms with van der Waals surface area (Å²) in [6.07, 6.45) is 12.0. The summed E-state index contributed by atoms with van der Waals surface area (Å²) in [6, 6.07) is 33.7. The van der Waals surface area contributed by atoms with E-state index in [0.29, 0.717) is 11.5 Å². The zero-order valence-corrected chi connectivity index (χ0v) is 24.9. The van der Waals surface area contributed by atoms with Crippen molar-refractivity contribution in [1.82, 2.24) is 0 Å². The molecule has 4 aliphatic carbocycles. The number of rotatable bonds is 7. The topological polar surface area (TPSA) is 66.0 Å². The Morgan fingerprint density at radius 2 is 1.07 bits per heavy atom. The maximum absolute atomic E-state index is 9.41. The molecule has 8 rings (SSSR count). The van der Waals surface area contributed by atoms with E-state index in [1.807, 2.05) is 61.0 Å². The van der Waals surface area contributed by atoms with E-state index >= 15 is 0 Å². The highest BCUT2D eigenvalue weighted by atomic mass is 16.5. The van der Waals surface area contributed by atoms with E-state index in [9.17, 15) is 10.5 Å². The van der Waals surface area contributed by atoms with Gasteiger partial charge in [-0.25, -0.2) is 0 Å². The van der Waals surface area contributed by atoms with Gasteiger partial charge in [0.2, 0.25) is 0 Å². The Balaban J connectivity index is 1.39. The van der Waals surface area contributed by atoms with Gasteiger partial charge in [-0.1, -0.05) is 93.1 Å². The molecule has 4 saturated carbocycles. The number of hydrogen-bond acceptors (Lipinski definition) is 4. The fraction of sp³-hybridized carbons (Fsp3) is 0.333. The number of nitriles is 2. The highest BCUT2D eigenvalue weighted by Gasteiger charge is 2.67. The smallest absolute Gasteiger partial charge is 0.292 e. The zero-order valence-electron chi connectivity index (χ0n) is 24.9. The molecule has 0 amide bonds. The monoisotopic (exact) mass is 564 g/mol. The second-order valence-corrected chi connectivity index (χ2v) is 13.8.